The number of carboxylic acid groups (broad SMARTS) is 1. The number of ether oxygens (including phenoxy) is 1. The molecule has 4 nitrogen and oxygen atoms in total. The molecule has 2 atom stereocenters. The fourth-order valence-electron chi connectivity index (χ4n) is 4.43. The van der Waals surface area contributed by atoms with E-state index >= 15 is 0 Å². The van der Waals surface area contributed by atoms with Crippen molar-refractivity contribution < 1.29 is 19.7 Å². The summed E-state index contributed by atoms with van der Waals surface area (Å²) in [6.07, 6.45) is 1.41. The van der Waals surface area contributed by atoms with Crippen LogP contribution >= 0.6 is 0 Å². The topological polar surface area (TPSA) is 66.8 Å². The standard InChI is InChI=1S/C28H40O4/c1-10-28(11-2,21-12-14-23(25(29)30)18(3)16-21)22-13-15-24(19(4)17-22)32-20(5)27(9,31)26(6,7)8/h12-17,20,31H,10-11H2,1-9H3,(H,29,30). The van der Waals surface area contributed by atoms with Gasteiger partial charge in [-0.2, -0.15) is 0 Å². The molecule has 0 aliphatic heterocycles. The van der Waals surface area contributed by atoms with Crippen LogP contribution in [0.4, 0.5) is 0 Å². The molecular weight excluding hydrogens is 400 g/mol. The number of aromatic carboxylic acids is 1. The highest BCUT2D eigenvalue weighted by Gasteiger charge is 2.42. The Hall–Kier alpha value is -2.33. The second-order valence-electron chi connectivity index (χ2n) is 10.3. The van der Waals surface area contributed by atoms with Crippen LogP contribution in [0.3, 0.4) is 0 Å². The van der Waals surface area contributed by atoms with Crippen LogP contribution in [-0.2, 0) is 5.41 Å². The van der Waals surface area contributed by atoms with Gasteiger partial charge in [-0.25, -0.2) is 4.79 Å². The van der Waals surface area contributed by atoms with Gasteiger partial charge in [0, 0.05) is 5.41 Å². The first-order valence-corrected chi connectivity index (χ1v) is 11.6. The highest BCUT2D eigenvalue weighted by Crippen LogP contribution is 2.41. The van der Waals surface area contributed by atoms with Crippen molar-refractivity contribution in [1.29, 1.82) is 0 Å². The Morgan fingerprint density at radius 1 is 0.938 bits per heavy atom. The van der Waals surface area contributed by atoms with Gasteiger partial charge in [-0.3, -0.25) is 0 Å². The van der Waals surface area contributed by atoms with Gasteiger partial charge in [0.25, 0.3) is 0 Å². The Labute approximate surface area is 193 Å². The third-order valence-electron chi connectivity index (χ3n) is 7.56. The first-order chi connectivity index (χ1) is 14.7. The third kappa shape index (κ3) is 4.71. The number of rotatable bonds is 8. The fourth-order valence-corrected chi connectivity index (χ4v) is 4.43. The van der Waals surface area contributed by atoms with E-state index in [-0.39, 0.29) is 16.9 Å². The molecule has 0 spiro atoms. The Balaban J connectivity index is 2.46. The molecule has 2 aromatic rings. The van der Waals surface area contributed by atoms with E-state index < -0.39 is 11.6 Å². The van der Waals surface area contributed by atoms with Gasteiger partial charge in [-0.15, -0.1) is 0 Å². The molecule has 2 aromatic carbocycles. The Bertz CT molecular complexity index is 962. The maximum absolute atomic E-state index is 11.5. The quantitative estimate of drug-likeness (QED) is 0.481. The summed E-state index contributed by atoms with van der Waals surface area (Å²) in [4.78, 5) is 11.5. The van der Waals surface area contributed by atoms with Crippen molar-refractivity contribution in [3.8, 4) is 5.75 Å². The highest BCUT2D eigenvalue weighted by molar-refractivity contribution is 5.89. The SMILES string of the molecule is CCC(CC)(c1ccc(OC(C)C(C)(O)C(C)(C)C)c(C)c1)c1ccc(C(=O)O)c(C)c1. The van der Waals surface area contributed by atoms with Gasteiger partial charge in [0.1, 0.15) is 17.5 Å². The number of hydrogen-bond acceptors (Lipinski definition) is 3. The maximum Gasteiger partial charge on any atom is 0.335 e. The molecule has 0 saturated carbocycles. The summed E-state index contributed by atoms with van der Waals surface area (Å²) < 4.78 is 6.22. The number of hydrogen-bond donors (Lipinski definition) is 2. The van der Waals surface area contributed by atoms with Crippen LogP contribution in [0.1, 0.15) is 93.9 Å². The highest BCUT2D eigenvalue weighted by atomic mass is 16.5. The molecule has 176 valence electrons. The van der Waals surface area contributed by atoms with Crippen LogP contribution < -0.4 is 4.74 Å². The van der Waals surface area contributed by atoms with Gasteiger partial charge in [-0.1, -0.05) is 58.9 Å². The normalized spacial score (nSPS) is 15.2. The minimum Gasteiger partial charge on any atom is -0.487 e. The summed E-state index contributed by atoms with van der Waals surface area (Å²) in [5.74, 6) is -0.130. The molecule has 0 aliphatic rings. The minimum absolute atomic E-state index is 0.215. The second-order valence-corrected chi connectivity index (χ2v) is 10.3. The Kier molecular flexibility index (Phi) is 7.51. The van der Waals surface area contributed by atoms with E-state index in [1.165, 1.54) is 5.56 Å². The molecule has 2 N–H and O–H groups in total. The summed E-state index contributed by atoms with van der Waals surface area (Å²) in [5, 5.41) is 20.4. The molecule has 0 bridgehead atoms. The van der Waals surface area contributed by atoms with Crippen LogP contribution in [0.5, 0.6) is 5.75 Å². The van der Waals surface area contributed by atoms with Crippen LogP contribution in [0.2, 0.25) is 0 Å². The summed E-state index contributed by atoms with van der Waals surface area (Å²) in [5.41, 5.74) is 2.92. The second kappa shape index (κ2) is 9.27. The number of carboxylic acids is 1. The number of aryl methyl sites for hydroxylation is 2. The largest absolute Gasteiger partial charge is 0.487 e. The van der Waals surface area contributed by atoms with Gasteiger partial charge in [0.05, 0.1) is 5.56 Å². The molecule has 0 radical (unpaired) electrons. The molecule has 0 heterocycles. The molecule has 0 aliphatic carbocycles. The summed E-state index contributed by atoms with van der Waals surface area (Å²) in [7, 11) is 0. The molecule has 0 fully saturated rings. The first-order valence-electron chi connectivity index (χ1n) is 11.6. The average molecular weight is 441 g/mol. The van der Waals surface area contributed by atoms with E-state index in [9.17, 15) is 15.0 Å². The zero-order chi connectivity index (χ0) is 24.5. The van der Waals surface area contributed by atoms with E-state index in [1.807, 2.05) is 66.7 Å². The number of benzene rings is 2. The van der Waals surface area contributed by atoms with Crippen molar-refractivity contribution in [2.45, 2.75) is 92.3 Å². The van der Waals surface area contributed by atoms with Crippen LogP contribution in [0, 0.1) is 19.3 Å². The molecule has 2 unspecified atom stereocenters. The van der Waals surface area contributed by atoms with Gasteiger partial charge in [0.15, 0.2) is 0 Å². The van der Waals surface area contributed by atoms with Crippen molar-refractivity contribution in [3.05, 3.63) is 64.2 Å². The zero-order valence-electron chi connectivity index (χ0n) is 21.2. The lowest BCUT2D eigenvalue weighted by Gasteiger charge is -2.41. The van der Waals surface area contributed by atoms with Gasteiger partial charge < -0.3 is 14.9 Å². The Morgan fingerprint density at radius 2 is 1.44 bits per heavy atom. The molecule has 2 rings (SSSR count). The monoisotopic (exact) mass is 440 g/mol. The fraction of sp³-hybridized carbons (Fsp3) is 0.536. The van der Waals surface area contributed by atoms with Crippen LogP contribution in [-0.4, -0.2) is 27.9 Å². The smallest absolute Gasteiger partial charge is 0.335 e. The van der Waals surface area contributed by atoms with E-state index in [0.29, 0.717) is 5.56 Å². The molecule has 4 heteroatoms. The van der Waals surface area contributed by atoms with E-state index in [4.69, 9.17) is 4.74 Å². The van der Waals surface area contributed by atoms with Crippen LogP contribution in [0.15, 0.2) is 36.4 Å². The van der Waals surface area contributed by atoms with E-state index in [0.717, 1.165) is 35.3 Å². The van der Waals surface area contributed by atoms with Crippen molar-refractivity contribution in [2.24, 2.45) is 5.41 Å². The first kappa shape index (κ1) is 25.9. The van der Waals surface area contributed by atoms with Crippen molar-refractivity contribution in [1.82, 2.24) is 0 Å². The Morgan fingerprint density at radius 3 is 1.84 bits per heavy atom. The molecule has 32 heavy (non-hydrogen) atoms. The predicted molar refractivity (Wildman–Crippen MR) is 131 cm³/mol. The summed E-state index contributed by atoms with van der Waals surface area (Å²) in [6, 6.07) is 12.0. The van der Waals surface area contributed by atoms with Gasteiger partial charge >= 0.3 is 5.97 Å². The number of carbonyl (C=O) groups is 1. The number of aliphatic hydroxyl groups is 1. The maximum atomic E-state index is 11.5. The predicted octanol–water partition coefficient (Wildman–Crippen LogP) is 6.67. The minimum atomic E-state index is -0.988. The lowest BCUT2D eigenvalue weighted by atomic mass is 9.70. The summed E-state index contributed by atoms with van der Waals surface area (Å²) >= 11 is 0. The molecule has 0 amide bonds. The third-order valence-corrected chi connectivity index (χ3v) is 7.56. The molecule has 0 saturated heterocycles. The lowest BCUT2D eigenvalue weighted by molar-refractivity contribution is -0.112. The molecule has 0 aromatic heterocycles. The van der Waals surface area contributed by atoms with Crippen molar-refractivity contribution in [2.75, 3.05) is 0 Å². The summed E-state index contributed by atoms with van der Waals surface area (Å²) in [6.45, 7) is 18.0. The lowest BCUT2D eigenvalue weighted by Crippen LogP contribution is -2.51. The zero-order valence-corrected chi connectivity index (χ0v) is 21.2. The average Bonchev–Trinajstić information content (AvgIpc) is 2.70. The van der Waals surface area contributed by atoms with Crippen LogP contribution in [0.25, 0.3) is 0 Å². The van der Waals surface area contributed by atoms with Gasteiger partial charge in [0.2, 0.25) is 0 Å². The van der Waals surface area contributed by atoms with E-state index in [1.54, 1.807) is 6.07 Å². The van der Waals surface area contributed by atoms with Crippen molar-refractivity contribution >= 4 is 5.97 Å². The van der Waals surface area contributed by atoms with Crippen molar-refractivity contribution in [3.63, 3.8) is 0 Å². The van der Waals surface area contributed by atoms with E-state index in [2.05, 4.69) is 26.0 Å². The molecular formula is C28H40O4. The van der Waals surface area contributed by atoms with Gasteiger partial charge in [-0.05, 0) is 80.3 Å².